The van der Waals surface area contributed by atoms with Gasteiger partial charge in [-0.15, -0.1) is 0 Å². The monoisotopic (exact) mass is 290 g/mol. The van der Waals surface area contributed by atoms with Gasteiger partial charge < -0.3 is 10.2 Å². The molecule has 1 atom stereocenters. The molecule has 1 aliphatic rings. The number of anilines is 2. The molecule has 1 saturated heterocycles. The number of hydrogen-bond donors (Lipinski definition) is 1. The summed E-state index contributed by atoms with van der Waals surface area (Å²) in [7, 11) is 1.94. The van der Waals surface area contributed by atoms with Crippen LogP contribution in [-0.4, -0.2) is 30.1 Å². The highest BCUT2D eigenvalue weighted by molar-refractivity contribution is 5.59. The Kier molecular flexibility index (Phi) is 4.74. The third-order valence-electron chi connectivity index (χ3n) is 4.59. The third-order valence-corrected chi connectivity index (χ3v) is 4.59. The molecule has 1 aliphatic heterocycles. The average Bonchev–Trinajstić information content (AvgIpc) is 2.90. The first kappa shape index (κ1) is 16.1. The summed E-state index contributed by atoms with van der Waals surface area (Å²) in [6, 6.07) is 0. The zero-order valence-corrected chi connectivity index (χ0v) is 14.5. The minimum Gasteiger partial charge on any atom is -0.373 e. The van der Waals surface area contributed by atoms with Gasteiger partial charge in [0.15, 0.2) is 0 Å². The minimum atomic E-state index is 0.369. The second-order valence-corrected chi connectivity index (χ2v) is 7.23. The first-order valence-corrected chi connectivity index (χ1v) is 8.17. The summed E-state index contributed by atoms with van der Waals surface area (Å²) in [5.41, 5.74) is 1.54. The maximum absolute atomic E-state index is 4.84. The molecule has 1 fully saturated rings. The lowest BCUT2D eigenvalue weighted by Gasteiger charge is -2.28. The lowest BCUT2D eigenvalue weighted by Crippen LogP contribution is -2.27. The van der Waals surface area contributed by atoms with Crippen LogP contribution < -0.4 is 10.2 Å². The SMILES string of the molecule is CCCc1nc(NC)c(C)c(N2CCC(C(C)(C)C)C2)n1. The van der Waals surface area contributed by atoms with E-state index < -0.39 is 0 Å². The fourth-order valence-corrected chi connectivity index (χ4v) is 3.10. The lowest BCUT2D eigenvalue weighted by molar-refractivity contribution is 0.263. The van der Waals surface area contributed by atoms with E-state index in [4.69, 9.17) is 4.98 Å². The predicted octanol–water partition coefficient (Wildman–Crippen LogP) is 3.65. The molecule has 1 unspecified atom stereocenters. The molecular weight excluding hydrogens is 260 g/mol. The molecule has 0 bridgehead atoms. The third kappa shape index (κ3) is 3.47. The van der Waals surface area contributed by atoms with Gasteiger partial charge in [-0.1, -0.05) is 27.7 Å². The fraction of sp³-hybridized carbons (Fsp3) is 0.765. The standard InChI is InChI=1S/C17H30N4/c1-7-8-14-19-15(18-6)12(2)16(20-14)21-10-9-13(11-21)17(3,4)5/h13H,7-11H2,1-6H3,(H,18,19,20). The van der Waals surface area contributed by atoms with E-state index in [0.717, 1.165) is 49.3 Å². The van der Waals surface area contributed by atoms with Crippen molar-refractivity contribution in [2.75, 3.05) is 30.4 Å². The van der Waals surface area contributed by atoms with Gasteiger partial charge in [0, 0.05) is 32.1 Å². The van der Waals surface area contributed by atoms with Crippen LogP contribution in [0, 0.1) is 18.3 Å². The summed E-state index contributed by atoms with van der Waals surface area (Å²) < 4.78 is 0. The molecule has 118 valence electrons. The van der Waals surface area contributed by atoms with Crippen LogP contribution in [0.1, 0.15) is 51.9 Å². The minimum absolute atomic E-state index is 0.369. The maximum atomic E-state index is 4.84. The van der Waals surface area contributed by atoms with Crippen molar-refractivity contribution in [2.45, 2.75) is 53.9 Å². The Morgan fingerprint density at radius 1 is 1.29 bits per heavy atom. The van der Waals surface area contributed by atoms with Crippen LogP contribution in [0.3, 0.4) is 0 Å². The Morgan fingerprint density at radius 3 is 2.52 bits per heavy atom. The Hall–Kier alpha value is -1.32. The highest BCUT2D eigenvalue weighted by atomic mass is 15.2. The van der Waals surface area contributed by atoms with Crippen molar-refractivity contribution in [3.63, 3.8) is 0 Å². The summed E-state index contributed by atoms with van der Waals surface area (Å²) in [5, 5.41) is 3.22. The van der Waals surface area contributed by atoms with Gasteiger partial charge in [-0.2, -0.15) is 0 Å². The van der Waals surface area contributed by atoms with Crippen LogP contribution in [-0.2, 0) is 6.42 Å². The van der Waals surface area contributed by atoms with Crippen molar-refractivity contribution in [1.82, 2.24) is 9.97 Å². The largest absolute Gasteiger partial charge is 0.373 e. The number of rotatable bonds is 4. The molecule has 2 rings (SSSR count). The smallest absolute Gasteiger partial charge is 0.137 e. The first-order chi connectivity index (χ1) is 9.86. The van der Waals surface area contributed by atoms with Gasteiger partial charge in [-0.3, -0.25) is 0 Å². The summed E-state index contributed by atoms with van der Waals surface area (Å²) >= 11 is 0. The Bertz CT molecular complexity index is 490. The van der Waals surface area contributed by atoms with Gasteiger partial charge in [0.05, 0.1) is 0 Å². The molecule has 4 nitrogen and oxygen atoms in total. The molecule has 21 heavy (non-hydrogen) atoms. The molecule has 2 heterocycles. The van der Waals surface area contributed by atoms with Crippen molar-refractivity contribution < 1.29 is 0 Å². The van der Waals surface area contributed by atoms with E-state index in [9.17, 15) is 0 Å². The second kappa shape index (κ2) is 6.20. The Balaban J connectivity index is 2.29. The van der Waals surface area contributed by atoms with Gasteiger partial charge in [0.1, 0.15) is 17.5 Å². The van der Waals surface area contributed by atoms with Crippen LogP contribution in [0.25, 0.3) is 0 Å². The van der Waals surface area contributed by atoms with Gasteiger partial charge in [0.2, 0.25) is 0 Å². The fourth-order valence-electron chi connectivity index (χ4n) is 3.10. The number of nitrogens with one attached hydrogen (secondary N) is 1. The highest BCUT2D eigenvalue weighted by Crippen LogP contribution is 2.36. The van der Waals surface area contributed by atoms with Crippen molar-refractivity contribution >= 4 is 11.6 Å². The van der Waals surface area contributed by atoms with Gasteiger partial charge in [0.25, 0.3) is 0 Å². The molecule has 1 aromatic rings. The number of aromatic nitrogens is 2. The van der Waals surface area contributed by atoms with Gasteiger partial charge in [-0.25, -0.2) is 9.97 Å². The highest BCUT2D eigenvalue weighted by Gasteiger charge is 2.33. The molecule has 0 saturated carbocycles. The van der Waals surface area contributed by atoms with Gasteiger partial charge in [-0.05, 0) is 31.1 Å². The van der Waals surface area contributed by atoms with Crippen molar-refractivity contribution in [3.8, 4) is 0 Å². The molecular formula is C17H30N4. The molecule has 0 radical (unpaired) electrons. The molecule has 0 aliphatic carbocycles. The van der Waals surface area contributed by atoms with Crippen LogP contribution in [0.15, 0.2) is 0 Å². The van der Waals surface area contributed by atoms with E-state index in [1.165, 1.54) is 12.0 Å². The second-order valence-electron chi connectivity index (χ2n) is 7.23. The molecule has 0 aromatic carbocycles. The van der Waals surface area contributed by atoms with Crippen LogP contribution in [0.4, 0.5) is 11.6 Å². The van der Waals surface area contributed by atoms with E-state index in [0.29, 0.717) is 5.41 Å². The lowest BCUT2D eigenvalue weighted by atomic mass is 9.80. The Morgan fingerprint density at radius 2 is 2.00 bits per heavy atom. The normalized spacial score (nSPS) is 19.1. The van der Waals surface area contributed by atoms with E-state index in [1.807, 2.05) is 7.05 Å². The van der Waals surface area contributed by atoms with E-state index >= 15 is 0 Å². The first-order valence-electron chi connectivity index (χ1n) is 8.17. The molecule has 4 heteroatoms. The Labute approximate surface area is 129 Å². The van der Waals surface area contributed by atoms with Crippen LogP contribution in [0.2, 0.25) is 0 Å². The van der Waals surface area contributed by atoms with Crippen molar-refractivity contribution in [2.24, 2.45) is 11.3 Å². The van der Waals surface area contributed by atoms with Crippen molar-refractivity contribution in [3.05, 3.63) is 11.4 Å². The zero-order valence-electron chi connectivity index (χ0n) is 14.5. The maximum Gasteiger partial charge on any atom is 0.137 e. The predicted molar refractivity (Wildman–Crippen MR) is 90.1 cm³/mol. The summed E-state index contributed by atoms with van der Waals surface area (Å²) in [5.74, 6) is 3.80. The summed E-state index contributed by atoms with van der Waals surface area (Å²) in [6.45, 7) is 13.5. The molecule has 1 aromatic heterocycles. The molecule has 0 spiro atoms. The molecule has 1 N–H and O–H groups in total. The van der Waals surface area contributed by atoms with E-state index in [2.05, 4.69) is 49.8 Å². The number of nitrogens with zero attached hydrogens (tertiary/aromatic N) is 3. The number of aryl methyl sites for hydroxylation is 1. The van der Waals surface area contributed by atoms with Crippen LogP contribution in [0.5, 0.6) is 0 Å². The number of hydrogen-bond acceptors (Lipinski definition) is 4. The van der Waals surface area contributed by atoms with Crippen LogP contribution >= 0.6 is 0 Å². The quantitative estimate of drug-likeness (QED) is 0.919. The summed E-state index contributed by atoms with van der Waals surface area (Å²) in [4.78, 5) is 11.9. The summed E-state index contributed by atoms with van der Waals surface area (Å²) in [6.07, 6.45) is 3.28. The zero-order chi connectivity index (χ0) is 15.6. The van der Waals surface area contributed by atoms with Gasteiger partial charge >= 0.3 is 0 Å². The van der Waals surface area contributed by atoms with E-state index in [1.54, 1.807) is 0 Å². The van der Waals surface area contributed by atoms with E-state index in [-0.39, 0.29) is 0 Å². The molecule has 0 amide bonds. The average molecular weight is 290 g/mol. The van der Waals surface area contributed by atoms with Crippen molar-refractivity contribution in [1.29, 1.82) is 0 Å². The topological polar surface area (TPSA) is 41.1 Å².